The second-order valence-electron chi connectivity index (χ2n) is 4.49. The Morgan fingerprint density at radius 1 is 0.476 bits per heavy atom. The maximum absolute atomic E-state index is 5.39. The first kappa shape index (κ1) is 14.5. The van der Waals surface area contributed by atoms with E-state index < -0.39 is 0 Å². The first-order valence-corrected chi connectivity index (χ1v) is 6.73. The molecule has 0 amide bonds. The van der Waals surface area contributed by atoms with Crippen molar-refractivity contribution in [3.8, 4) is 0 Å². The van der Waals surface area contributed by atoms with Gasteiger partial charge in [-0.15, -0.1) is 0 Å². The van der Waals surface area contributed by atoms with E-state index in [-0.39, 0.29) is 0 Å². The molecule has 0 atom stereocenters. The molecular formula is C18H19N3. The molecule has 0 saturated carbocycles. The Morgan fingerprint density at radius 2 is 0.810 bits per heavy atom. The van der Waals surface area contributed by atoms with Crippen molar-refractivity contribution in [1.29, 1.82) is 0 Å². The third-order valence-corrected chi connectivity index (χ3v) is 2.83. The number of hydrogen-bond acceptors (Lipinski definition) is 3. The molecule has 0 aromatic heterocycles. The normalized spacial score (nSPS) is 9.33. The Morgan fingerprint density at radius 3 is 1.14 bits per heavy atom. The van der Waals surface area contributed by atoms with Crippen LogP contribution in [0.25, 0.3) is 0 Å². The van der Waals surface area contributed by atoms with Crippen LogP contribution in [0.5, 0.6) is 0 Å². The van der Waals surface area contributed by atoms with Gasteiger partial charge in [0.05, 0.1) is 11.4 Å². The summed E-state index contributed by atoms with van der Waals surface area (Å²) < 4.78 is 0. The molecule has 0 radical (unpaired) electrons. The fraction of sp³-hybridized carbons (Fsp3) is 0. The first-order valence-electron chi connectivity index (χ1n) is 6.73. The van der Waals surface area contributed by atoms with Crippen molar-refractivity contribution in [2.75, 3.05) is 16.8 Å². The van der Waals surface area contributed by atoms with E-state index in [9.17, 15) is 0 Å². The van der Waals surface area contributed by atoms with Gasteiger partial charge in [-0.3, -0.25) is 0 Å². The smallest absolute Gasteiger partial charge is 0.0547 e. The standard InChI is InChI=1S/C12H11N.C6H8N2/c1-3-7-11(8-4-1)13-12-9-5-2-6-10-12;7-5-3-1-2-4-6(5)8/h1-10,13H;1-4H,7-8H2. The van der Waals surface area contributed by atoms with Crippen molar-refractivity contribution >= 4 is 22.7 Å². The number of hydrogen-bond donors (Lipinski definition) is 3. The van der Waals surface area contributed by atoms with Gasteiger partial charge in [0.2, 0.25) is 0 Å². The number of nitrogen functional groups attached to an aromatic ring is 2. The van der Waals surface area contributed by atoms with Crippen LogP contribution in [-0.4, -0.2) is 0 Å². The Hall–Kier alpha value is -2.94. The van der Waals surface area contributed by atoms with Crippen molar-refractivity contribution in [2.24, 2.45) is 0 Å². The van der Waals surface area contributed by atoms with E-state index >= 15 is 0 Å². The van der Waals surface area contributed by atoms with Crippen LogP contribution >= 0.6 is 0 Å². The second kappa shape index (κ2) is 7.60. The molecule has 21 heavy (non-hydrogen) atoms. The Bertz CT molecular complexity index is 593. The SMILES string of the molecule is Nc1ccccc1N.c1ccc(Nc2ccccc2)cc1. The predicted molar refractivity (Wildman–Crippen MR) is 91.4 cm³/mol. The Balaban J connectivity index is 0.000000173. The molecule has 0 spiro atoms. The summed E-state index contributed by atoms with van der Waals surface area (Å²) in [5.41, 5.74) is 14.3. The molecule has 3 heteroatoms. The van der Waals surface area contributed by atoms with Crippen LogP contribution in [-0.2, 0) is 0 Å². The van der Waals surface area contributed by atoms with Crippen LogP contribution in [0.15, 0.2) is 84.9 Å². The van der Waals surface area contributed by atoms with Gasteiger partial charge in [-0.05, 0) is 36.4 Å². The Kier molecular flexibility index (Phi) is 5.24. The minimum Gasteiger partial charge on any atom is -0.397 e. The van der Waals surface area contributed by atoms with Gasteiger partial charge in [-0.2, -0.15) is 0 Å². The summed E-state index contributed by atoms with van der Waals surface area (Å²) in [6, 6.07) is 27.5. The van der Waals surface area contributed by atoms with Crippen LogP contribution < -0.4 is 16.8 Å². The number of benzene rings is 3. The van der Waals surface area contributed by atoms with Crippen molar-refractivity contribution in [3.05, 3.63) is 84.9 Å². The van der Waals surface area contributed by atoms with E-state index in [1.807, 2.05) is 72.8 Å². The molecule has 0 fully saturated rings. The molecule has 106 valence electrons. The zero-order valence-corrected chi connectivity index (χ0v) is 11.7. The lowest BCUT2D eigenvalue weighted by Crippen LogP contribution is -1.91. The van der Waals surface area contributed by atoms with Crippen molar-refractivity contribution in [1.82, 2.24) is 0 Å². The van der Waals surface area contributed by atoms with Crippen LogP contribution in [0, 0.1) is 0 Å². The largest absolute Gasteiger partial charge is 0.397 e. The zero-order chi connectivity index (χ0) is 14.9. The third kappa shape index (κ3) is 4.91. The lowest BCUT2D eigenvalue weighted by molar-refractivity contribution is 1.55. The molecule has 0 aliphatic carbocycles. The predicted octanol–water partition coefficient (Wildman–Crippen LogP) is 4.28. The molecule has 0 aliphatic rings. The van der Waals surface area contributed by atoms with E-state index in [0.717, 1.165) is 11.4 Å². The summed E-state index contributed by atoms with van der Waals surface area (Å²) in [6.45, 7) is 0. The molecule has 3 aromatic rings. The molecule has 0 unspecified atom stereocenters. The summed E-state index contributed by atoms with van der Waals surface area (Å²) in [4.78, 5) is 0. The summed E-state index contributed by atoms with van der Waals surface area (Å²) in [7, 11) is 0. The van der Waals surface area contributed by atoms with Crippen LogP contribution in [0.3, 0.4) is 0 Å². The monoisotopic (exact) mass is 277 g/mol. The minimum atomic E-state index is 0.646. The molecular weight excluding hydrogens is 258 g/mol. The average molecular weight is 277 g/mol. The third-order valence-electron chi connectivity index (χ3n) is 2.83. The van der Waals surface area contributed by atoms with E-state index in [0.29, 0.717) is 11.4 Å². The highest BCUT2D eigenvalue weighted by molar-refractivity contribution is 5.62. The highest BCUT2D eigenvalue weighted by Gasteiger charge is 1.90. The molecule has 3 rings (SSSR count). The summed E-state index contributed by atoms with van der Waals surface area (Å²) in [5.74, 6) is 0. The average Bonchev–Trinajstić information content (AvgIpc) is 2.53. The first-order chi connectivity index (χ1) is 10.3. The van der Waals surface area contributed by atoms with Crippen molar-refractivity contribution in [3.63, 3.8) is 0 Å². The molecule has 5 N–H and O–H groups in total. The van der Waals surface area contributed by atoms with Crippen LogP contribution in [0.1, 0.15) is 0 Å². The number of nitrogens with two attached hydrogens (primary N) is 2. The fourth-order valence-corrected chi connectivity index (χ4v) is 1.72. The number of anilines is 4. The molecule has 0 heterocycles. The van der Waals surface area contributed by atoms with E-state index in [2.05, 4.69) is 5.32 Å². The van der Waals surface area contributed by atoms with E-state index in [1.165, 1.54) is 0 Å². The lowest BCUT2D eigenvalue weighted by atomic mass is 10.3. The van der Waals surface area contributed by atoms with Crippen LogP contribution in [0.4, 0.5) is 22.7 Å². The lowest BCUT2D eigenvalue weighted by Gasteiger charge is -2.04. The molecule has 3 nitrogen and oxygen atoms in total. The van der Waals surface area contributed by atoms with Gasteiger partial charge in [0.1, 0.15) is 0 Å². The maximum atomic E-state index is 5.39. The topological polar surface area (TPSA) is 64.1 Å². The molecule has 0 aliphatic heterocycles. The number of nitrogens with one attached hydrogen (secondary N) is 1. The maximum Gasteiger partial charge on any atom is 0.0547 e. The van der Waals surface area contributed by atoms with Gasteiger partial charge >= 0.3 is 0 Å². The zero-order valence-electron chi connectivity index (χ0n) is 11.7. The van der Waals surface area contributed by atoms with Crippen LogP contribution in [0.2, 0.25) is 0 Å². The second-order valence-corrected chi connectivity index (χ2v) is 4.49. The summed E-state index contributed by atoms with van der Waals surface area (Å²) in [5, 5.41) is 3.30. The van der Waals surface area contributed by atoms with Crippen molar-refractivity contribution < 1.29 is 0 Å². The van der Waals surface area contributed by atoms with Gasteiger partial charge in [0.15, 0.2) is 0 Å². The quantitative estimate of drug-likeness (QED) is 0.612. The van der Waals surface area contributed by atoms with E-state index in [4.69, 9.17) is 11.5 Å². The van der Waals surface area contributed by atoms with E-state index in [1.54, 1.807) is 12.1 Å². The molecule has 0 bridgehead atoms. The Labute approximate surface area is 125 Å². The fourth-order valence-electron chi connectivity index (χ4n) is 1.72. The van der Waals surface area contributed by atoms with Gasteiger partial charge in [-0.25, -0.2) is 0 Å². The molecule has 0 saturated heterocycles. The van der Waals surface area contributed by atoms with Gasteiger partial charge < -0.3 is 16.8 Å². The van der Waals surface area contributed by atoms with Gasteiger partial charge in [-0.1, -0.05) is 48.5 Å². The highest BCUT2D eigenvalue weighted by atomic mass is 14.9. The van der Waals surface area contributed by atoms with Gasteiger partial charge in [0.25, 0.3) is 0 Å². The minimum absolute atomic E-state index is 0.646. The van der Waals surface area contributed by atoms with Gasteiger partial charge in [0, 0.05) is 11.4 Å². The number of para-hydroxylation sites is 4. The summed E-state index contributed by atoms with van der Waals surface area (Å²) in [6.07, 6.45) is 0. The summed E-state index contributed by atoms with van der Waals surface area (Å²) >= 11 is 0. The number of rotatable bonds is 2. The highest BCUT2D eigenvalue weighted by Crippen LogP contribution is 2.14. The van der Waals surface area contributed by atoms with Crippen molar-refractivity contribution in [2.45, 2.75) is 0 Å². The molecule has 3 aromatic carbocycles.